The molecule has 2 amide bonds. The zero-order valence-corrected chi connectivity index (χ0v) is 17.5. The van der Waals surface area contributed by atoms with Crippen LogP contribution in [-0.4, -0.2) is 24.4 Å². The Hall–Kier alpha value is -3.91. The van der Waals surface area contributed by atoms with Crippen molar-refractivity contribution in [2.45, 2.75) is 6.92 Å². The van der Waals surface area contributed by atoms with Crippen LogP contribution in [0.3, 0.4) is 0 Å². The third kappa shape index (κ3) is 4.13. The average molecular weight is 455 g/mol. The van der Waals surface area contributed by atoms with Crippen LogP contribution in [0.2, 0.25) is 5.02 Å². The van der Waals surface area contributed by atoms with E-state index in [9.17, 15) is 18.8 Å². The second-order valence-corrected chi connectivity index (χ2v) is 7.14. The quantitative estimate of drug-likeness (QED) is 0.351. The molecule has 0 radical (unpaired) electrons. The van der Waals surface area contributed by atoms with Gasteiger partial charge >= 0.3 is 5.97 Å². The minimum atomic E-state index is -0.617. The van der Waals surface area contributed by atoms with Crippen LogP contribution in [0, 0.1) is 5.82 Å². The second kappa shape index (κ2) is 8.68. The number of ether oxygens (including phenoxy) is 1. The topological polar surface area (TPSA) is 88.9 Å². The number of carbonyl (C=O) groups is 3. The largest absolute Gasteiger partial charge is 0.462 e. The molecule has 32 heavy (non-hydrogen) atoms. The van der Waals surface area contributed by atoms with Crippen molar-refractivity contribution in [3.8, 4) is 11.3 Å². The molecule has 0 spiro atoms. The molecule has 162 valence electrons. The number of nitrogens with zero attached hydrogens (tertiary/aromatic N) is 1. The van der Waals surface area contributed by atoms with Gasteiger partial charge in [-0.3, -0.25) is 15.0 Å². The number of halogens is 2. The number of nitrogens with one attached hydrogen (secondary N) is 1. The summed E-state index contributed by atoms with van der Waals surface area (Å²) in [7, 11) is 0. The number of furan rings is 1. The first-order valence-electron chi connectivity index (χ1n) is 9.57. The molecule has 1 saturated heterocycles. The van der Waals surface area contributed by atoms with Crippen LogP contribution in [0.5, 0.6) is 0 Å². The van der Waals surface area contributed by atoms with E-state index in [0.29, 0.717) is 17.0 Å². The Balaban J connectivity index is 1.60. The highest BCUT2D eigenvalue weighted by molar-refractivity contribution is 6.33. The fourth-order valence-corrected chi connectivity index (χ4v) is 3.30. The monoisotopic (exact) mass is 454 g/mol. The number of hydrogen-bond donors (Lipinski definition) is 1. The summed E-state index contributed by atoms with van der Waals surface area (Å²) in [5.41, 5.74) is 3.38. The molecule has 1 aliphatic rings. The lowest BCUT2D eigenvalue weighted by Gasteiger charge is -2.14. The molecule has 0 saturated carbocycles. The first-order chi connectivity index (χ1) is 15.4. The summed E-state index contributed by atoms with van der Waals surface area (Å²) in [6.45, 7) is 1.91. The minimum Gasteiger partial charge on any atom is -0.462 e. The molecule has 2 heterocycles. The van der Waals surface area contributed by atoms with Crippen molar-refractivity contribution in [2.24, 2.45) is 0 Å². The Bertz CT molecular complexity index is 1250. The van der Waals surface area contributed by atoms with Crippen molar-refractivity contribution in [1.82, 2.24) is 5.43 Å². The molecule has 3 aromatic rings. The molecule has 1 fully saturated rings. The maximum atomic E-state index is 13.1. The van der Waals surface area contributed by atoms with Gasteiger partial charge in [0.2, 0.25) is 0 Å². The fourth-order valence-electron chi connectivity index (χ4n) is 3.10. The van der Waals surface area contributed by atoms with E-state index in [0.717, 1.165) is 5.01 Å². The highest BCUT2D eigenvalue weighted by atomic mass is 35.5. The van der Waals surface area contributed by atoms with Crippen LogP contribution in [-0.2, 0) is 14.3 Å². The van der Waals surface area contributed by atoms with Gasteiger partial charge in [0.05, 0.1) is 22.9 Å². The van der Waals surface area contributed by atoms with Crippen LogP contribution in [0.1, 0.15) is 23.0 Å². The van der Waals surface area contributed by atoms with Crippen molar-refractivity contribution in [2.75, 3.05) is 11.6 Å². The van der Waals surface area contributed by atoms with E-state index in [-0.39, 0.29) is 28.5 Å². The zero-order valence-electron chi connectivity index (χ0n) is 16.7. The fraction of sp³-hybridized carbons (Fsp3) is 0.0870. The molecule has 4 rings (SSSR count). The Morgan fingerprint density at radius 3 is 2.62 bits per heavy atom. The van der Waals surface area contributed by atoms with Gasteiger partial charge in [-0.15, -0.1) is 0 Å². The number of anilines is 1. The molecular formula is C23H16ClFN2O5. The van der Waals surface area contributed by atoms with Crippen LogP contribution in [0.15, 0.2) is 64.6 Å². The lowest BCUT2D eigenvalue weighted by Crippen LogP contribution is -2.35. The first kappa shape index (κ1) is 21.3. The molecule has 0 bridgehead atoms. The number of amides is 2. The summed E-state index contributed by atoms with van der Waals surface area (Å²) in [6.07, 6.45) is 1.31. The number of benzene rings is 2. The standard InChI is InChI=1S/C23H16ClFN2O5/c1-2-31-23(30)17-11-13(3-9-19(17)24)20-10-8-16(32-20)12-18-21(28)26-27(22(18)29)15-6-4-14(25)5-7-15/h3-12H,2H2,1H3,(H,26,28)/b18-12-. The van der Waals surface area contributed by atoms with Crippen LogP contribution >= 0.6 is 11.6 Å². The average Bonchev–Trinajstić information content (AvgIpc) is 3.35. The zero-order chi connectivity index (χ0) is 22.8. The summed E-state index contributed by atoms with van der Waals surface area (Å²) in [4.78, 5) is 37.1. The lowest BCUT2D eigenvalue weighted by atomic mass is 10.1. The van der Waals surface area contributed by atoms with E-state index < -0.39 is 23.6 Å². The third-order valence-electron chi connectivity index (χ3n) is 4.64. The molecule has 0 atom stereocenters. The van der Waals surface area contributed by atoms with E-state index in [1.165, 1.54) is 30.3 Å². The van der Waals surface area contributed by atoms with Gasteiger partial charge in [0.1, 0.15) is 22.9 Å². The predicted octanol–water partition coefficient (Wildman–Crippen LogP) is 4.38. The number of hydrazine groups is 1. The summed E-state index contributed by atoms with van der Waals surface area (Å²) in [6, 6.07) is 13.1. The van der Waals surface area contributed by atoms with Crippen LogP contribution in [0.4, 0.5) is 10.1 Å². The first-order valence-corrected chi connectivity index (χ1v) is 9.94. The van der Waals surface area contributed by atoms with E-state index in [1.54, 1.807) is 37.3 Å². The Labute approximate surface area is 187 Å². The summed E-state index contributed by atoms with van der Waals surface area (Å²) < 4.78 is 23.9. The number of carbonyl (C=O) groups excluding carboxylic acids is 3. The number of rotatable bonds is 5. The highest BCUT2D eigenvalue weighted by Crippen LogP contribution is 2.29. The Morgan fingerprint density at radius 2 is 1.91 bits per heavy atom. The molecule has 2 aromatic carbocycles. The minimum absolute atomic E-state index is 0.140. The van der Waals surface area contributed by atoms with E-state index in [4.69, 9.17) is 20.8 Å². The summed E-state index contributed by atoms with van der Waals surface area (Å²) in [5.74, 6) is -1.57. The van der Waals surface area contributed by atoms with Crippen molar-refractivity contribution >= 4 is 41.1 Å². The Kier molecular flexibility index (Phi) is 5.79. The Morgan fingerprint density at radius 1 is 1.16 bits per heavy atom. The maximum Gasteiger partial charge on any atom is 0.339 e. The van der Waals surface area contributed by atoms with Gasteiger partial charge in [-0.2, -0.15) is 0 Å². The summed E-state index contributed by atoms with van der Waals surface area (Å²) in [5, 5.41) is 1.28. The molecule has 9 heteroatoms. The van der Waals surface area contributed by atoms with E-state index in [2.05, 4.69) is 5.43 Å². The van der Waals surface area contributed by atoms with Crippen LogP contribution < -0.4 is 10.4 Å². The molecule has 0 aliphatic carbocycles. The van der Waals surface area contributed by atoms with Gasteiger partial charge in [-0.25, -0.2) is 14.2 Å². The van der Waals surface area contributed by atoms with Crippen LogP contribution in [0.25, 0.3) is 17.4 Å². The van der Waals surface area contributed by atoms with Gasteiger partial charge in [0, 0.05) is 5.56 Å². The van der Waals surface area contributed by atoms with Gasteiger partial charge < -0.3 is 9.15 Å². The van der Waals surface area contributed by atoms with E-state index >= 15 is 0 Å². The molecule has 7 nitrogen and oxygen atoms in total. The maximum absolute atomic E-state index is 13.1. The number of hydrogen-bond acceptors (Lipinski definition) is 5. The second-order valence-electron chi connectivity index (χ2n) is 6.73. The molecule has 1 aromatic heterocycles. The summed E-state index contributed by atoms with van der Waals surface area (Å²) >= 11 is 6.09. The third-order valence-corrected chi connectivity index (χ3v) is 4.97. The van der Waals surface area contributed by atoms with Crippen molar-refractivity contribution in [3.63, 3.8) is 0 Å². The van der Waals surface area contributed by atoms with Crippen molar-refractivity contribution in [3.05, 3.63) is 82.3 Å². The van der Waals surface area contributed by atoms with Gasteiger partial charge in [0.15, 0.2) is 0 Å². The SMILES string of the molecule is CCOC(=O)c1cc(-c2ccc(/C=C3/C(=O)NN(c4ccc(F)cc4)C3=O)o2)ccc1Cl. The predicted molar refractivity (Wildman–Crippen MR) is 115 cm³/mol. The smallest absolute Gasteiger partial charge is 0.339 e. The van der Waals surface area contributed by atoms with Crippen molar-refractivity contribution in [1.29, 1.82) is 0 Å². The van der Waals surface area contributed by atoms with E-state index in [1.807, 2.05) is 0 Å². The van der Waals surface area contributed by atoms with Crippen molar-refractivity contribution < 1.29 is 27.9 Å². The normalized spacial score (nSPS) is 14.7. The van der Waals surface area contributed by atoms with Gasteiger partial charge in [-0.1, -0.05) is 11.6 Å². The van der Waals surface area contributed by atoms with Gasteiger partial charge in [-0.05, 0) is 67.6 Å². The van der Waals surface area contributed by atoms with Gasteiger partial charge in [0.25, 0.3) is 11.8 Å². The lowest BCUT2D eigenvalue weighted by molar-refractivity contribution is -0.117. The number of esters is 1. The highest BCUT2D eigenvalue weighted by Gasteiger charge is 2.34. The molecule has 0 unspecified atom stereocenters. The molecule has 1 N–H and O–H groups in total. The molecule has 1 aliphatic heterocycles. The molecular weight excluding hydrogens is 439 g/mol.